The van der Waals surface area contributed by atoms with Gasteiger partial charge in [-0.25, -0.2) is 4.98 Å². The molecular formula is C25H19Br2N5. The fraction of sp³-hybridized carbons (Fsp3) is 0.160. The van der Waals surface area contributed by atoms with E-state index in [1.807, 2.05) is 26.0 Å². The Morgan fingerprint density at radius 3 is 2.25 bits per heavy atom. The number of benzene rings is 1. The molecule has 1 aromatic carbocycles. The molecule has 32 heavy (non-hydrogen) atoms. The number of aromatic nitrogens is 2. The topological polar surface area (TPSA) is 91.4 Å². The highest BCUT2D eigenvalue weighted by Gasteiger charge is 2.30. The molecule has 0 radical (unpaired) electrons. The molecule has 7 heteroatoms. The molecule has 0 aliphatic heterocycles. The number of halogens is 2. The number of pyridine rings is 1. The Hall–Kier alpha value is -3.13. The van der Waals surface area contributed by atoms with Crippen molar-refractivity contribution in [2.24, 2.45) is 0 Å². The summed E-state index contributed by atoms with van der Waals surface area (Å²) in [5, 5.41) is 19.4. The first-order chi connectivity index (χ1) is 15.2. The molecule has 0 amide bonds. The molecule has 0 unspecified atom stereocenters. The highest BCUT2D eigenvalue weighted by Crippen LogP contribution is 2.45. The van der Waals surface area contributed by atoms with Gasteiger partial charge in [0, 0.05) is 37.1 Å². The summed E-state index contributed by atoms with van der Waals surface area (Å²) in [6.45, 7) is 7.90. The van der Waals surface area contributed by atoms with Gasteiger partial charge in [-0.3, -0.25) is 0 Å². The fourth-order valence-corrected chi connectivity index (χ4v) is 5.15. The Bertz CT molecular complexity index is 1440. The largest absolute Gasteiger partial charge is 0.383 e. The lowest BCUT2D eigenvalue weighted by Gasteiger charge is -2.11. The van der Waals surface area contributed by atoms with Crippen molar-refractivity contribution in [3.8, 4) is 17.8 Å². The van der Waals surface area contributed by atoms with Crippen LogP contribution in [-0.2, 0) is 0 Å². The van der Waals surface area contributed by atoms with E-state index in [0.717, 1.165) is 53.9 Å². The first-order valence-electron chi connectivity index (χ1n) is 9.88. The van der Waals surface area contributed by atoms with E-state index in [9.17, 15) is 10.5 Å². The van der Waals surface area contributed by atoms with Gasteiger partial charge in [-0.05, 0) is 90.7 Å². The molecular weight excluding hydrogens is 530 g/mol. The Kier molecular flexibility index (Phi) is 5.58. The second-order valence-electron chi connectivity index (χ2n) is 7.71. The third kappa shape index (κ3) is 3.21. The summed E-state index contributed by atoms with van der Waals surface area (Å²) in [6, 6.07) is 12.6. The minimum Gasteiger partial charge on any atom is -0.383 e. The highest BCUT2D eigenvalue weighted by atomic mass is 79.9. The molecule has 5 nitrogen and oxygen atoms in total. The highest BCUT2D eigenvalue weighted by molar-refractivity contribution is 9.10. The van der Waals surface area contributed by atoms with Crippen LogP contribution in [0.15, 0.2) is 38.8 Å². The van der Waals surface area contributed by atoms with Crippen LogP contribution < -0.4 is 5.73 Å². The van der Waals surface area contributed by atoms with Gasteiger partial charge >= 0.3 is 0 Å². The monoisotopic (exact) mass is 547 g/mol. The first kappa shape index (κ1) is 22.1. The van der Waals surface area contributed by atoms with Gasteiger partial charge in [0.2, 0.25) is 0 Å². The van der Waals surface area contributed by atoms with Gasteiger partial charge in [-0.2, -0.15) is 10.5 Å². The normalized spacial score (nSPS) is 13.9. The molecule has 0 atom stereocenters. The Labute approximate surface area is 203 Å². The first-order valence-corrected chi connectivity index (χ1v) is 11.5. The standard InChI is InChI=1S/C25H19Br2N5/c1-12-18(22-13(2)21(11-29)25(30)31-24(22)20(12)10-28)9-19-14(3)32(15(4)23(19)27)17-7-5-16(26)6-8-17/h5-9H,1-4H3,(H2,30,31). The number of hydrogen-bond acceptors (Lipinski definition) is 4. The maximum atomic E-state index is 9.81. The number of rotatable bonds is 2. The summed E-state index contributed by atoms with van der Waals surface area (Å²) >= 11 is 7.27. The molecule has 3 aromatic rings. The number of nitrogen functional groups attached to an aromatic ring is 1. The SMILES string of the molecule is CC1=C(C#N)c2nc(N)c(C#N)c(C)c2C1=Cc1c(Br)c(C)n(-c2ccc(Br)cc2)c1C. The molecule has 2 N–H and O–H groups in total. The van der Waals surface area contributed by atoms with Crippen molar-refractivity contribution in [1.29, 1.82) is 10.5 Å². The number of nitrogens with two attached hydrogens (primary N) is 1. The van der Waals surface area contributed by atoms with Crippen molar-refractivity contribution in [3.63, 3.8) is 0 Å². The second-order valence-corrected chi connectivity index (χ2v) is 9.42. The summed E-state index contributed by atoms with van der Waals surface area (Å²) in [7, 11) is 0. The van der Waals surface area contributed by atoms with Gasteiger partial charge in [-0.15, -0.1) is 0 Å². The summed E-state index contributed by atoms with van der Waals surface area (Å²) in [6.07, 6.45) is 2.08. The van der Waals surface area contributed by atoms with Crippen molar-refractivity contribution in [1.82, 2.24) is 9.55 Å². The summed E-state index contributed by atoms with van der Waals surface area (Å²) in [5.41, 5.74) is 14.8. The maximum Gasteiger partial charge on any atom is 0.142 e. The third-order valence-electron chi connectivity index (χ3n) is 5.97. The third-order valence-corrected chi connectivity index (χ3v) is 7.50. The van der Waals surface area contributed by atoms with Crippen molar-refractivity contribution in [2.75, 3.05) is 5.73 Å². The summed E-state index contributed by atoms with van der Waals surface area (Å²) < 4.78 is 4.19. The second kappa shape index (κ2) is 8.09. The van der Waals surface area contributed by atoms with Crippen molar-refractivity contribution in [2.45, 2.75) is 27.7 Å². The molecule has 0 saturated heterocycles. The minimum atomic E-state index is 0.153. The predicted octanol–water partition coefficient (Wildman–Crippen LogP) is 6.63. The van der Waals surface area contributed by atoms with Gasteiger partial charge in [0.15, 0.2) is 0 Å². The number of allylic oxidation sites excluding steroid dienone is 3. The van der Waals surface area contributed by atoms with E-state index in [1.54, 1.807) is 0 Å². The van der Waals surface area contributed by atoms with Crippen LogP contribution in [-0.4, -0.2) is 9.55 Å². The van der Waals surface area contributed by atoms with Crippen LogP contribution >= 0.6 is 31.9 Å². The molecule has 158 valence electrons. The van der Waals surface area contributed by atoms with Crippen LogP contribution in [0, 0.1) is 43.4 Å². The van der Waals surface area contributed by atoms with Crippen LogP contribution in [0.1, 0.15) is 46.3 Å². The smallest absolute Gasteiger partial charge is 0.142 e. The molecule has 0 fully saturated rings. The van der Waals surface area contributed by atoms with Gasteiger partial charge < -0.3 is 10.3 Å². The van der Waals surface area contributed by atoms with E-state index in [0.29, 0.717) is 16.8 Å². The zero-order valence-corrected chi connectivity index (χ0v) is 21.2. The number of fused-ring (bicyclic) bond motifs is 1. The van der Waals surface area contributed by atoms with Gasteiger partial charge in [-0.1, -0.05) is 15.9 Å². The lowest BCUT2D eigenvalue weighted by molar-refractivity contribution is 0.961. The number of nitriles is 2. The molecule has 0 spiro atoms. The van der Waals surface area contributed by atoms with E-state index >= 15 is 0 Å². The van der Waals surface area contributed by atoms with Crippen molar-refractivity contribution in [3.05, 3.63) is 78.1 Å². The molecule has 2 heterocycles. The van der Waals surface area contributed by atoms with Crippen LogP contribution in [0.5, 0.6) is 0 Å². The summed E-state index contributed by atoms with van der Waals surface area (Å²) in [4.78, 5) is 4.42. The number of nitrogens with zero attached hydrogens (tertiary/aromatic N) is 4. The van der Waals surface area contributed by atoms with E-state index in [2.05, 4.69) is 85.6 Å². The zero-order chi connectivity index (χ0) is 23.3. The molecule has 4 rings (SSSR count). The van der Waals surface area contributed by atoms with Crippen molar-refractivity contribution >= 4 is 54.9 Å². The van der Waals surface area contributed by atoms with E-state index in [4.69, 9.17) is 5.73 Å². The Morgan fingerprint density at radius 1 is 1.00 bits per heavy atom. The van der Waals surface area contributed by atoms with Crippen molar-refractivity contribution < 1.29 is 0 Å². The molecule has 2 aromatic heterocycles. The van der Waals surface area contributed by atoms with Gasteiger partial charge in [0.05, 0.1) is 16.8 Å². The minimum absolute atomic E-state index is 0.153. The Morgan fingerprint density at radius 2 is 1.66 bits per heavy atom. The molecule has 0 saturated carbocycles. The van der Waals surface area contributed by atoms with E-state index in [-0.39, 0.29) is 5.82 Å². The molecule has 0 bridgehead atoms. The lowest BCUT2D eigenvalue weighted by atomic mass is 9.95. The quantitative estimate of drug-likeness (QED) is 0.389. The summed E-state index contributed by atoms with van der Waals surface area (Å²) in [5.74, 6) is 0.153. The number of hydrogen-bond donors (Lipinski definition) is 1. The predicted molar refractivity (Wildman–Crippen MR) is 135 cm³/mol. The van der Waals surface area contributed by atoms with Gasteiger partial charge in [0.1, 0.15) is 18.0 Å². The van der Waals surface area contributed by atoms with E-state index in [1.165, 1.54) is 0 Å². The maximum absolute atomic E-state index is 9.81. The Balaban J connectivity index is 2.00. The molecule has 1 aliphatic carbocycles. The zero-order valence-electron chi connectivity index (χ0n) is 18.0. The van der Waals surface area contributed by atoms with Crippen LogP contribution in [0.3, 0.4) is 0 Å². The van der Waals surface area contributed by atoms with Crippen LogP contribution in [0.25, 0.3) is 22.9 Å². The average molecular weight is 549 g/mol. The van der Waals surface area contributed by atoms with Gasteiger partial charge in [0.25, 0.3) is 0 Å². The fourth-order valence-electron chi connectivity index (χ4n) is 4.31. The van der Waals surface area contributed by atoms with Crippen LogP contribution in [0.2, 0.25) is 0 Å². The lowest BCUT2D eigenvalue weighted by Crippen LogP contribution is -2.03. The molecule has 1 aliphatic rings. The van der Waals surface area contributed by atoms with E-state index < -0.39 is 0 Å². The average Bonchev–Trinajstić information content (AvgIpc) is 3.14. The van der Waals surface area contributed by atoms with Crippen LogP contribution in [0.4, 0.5) is 5.82 Å². The number of anilines is 1.